The summed E-state index contributed by atoms with van der Waals surface area (Å²) in [7, 11) is 0. The molecule has 0 aromatic carbocycles. The lowest BCUT2D eigenvalue weighted by atomic mass is 10.3. The summed E-state index contributed by atoms with van der Waals surface area (Å²) in [5.41, 5.74) is 2.85. The lowest BCUT2D eigenvalue weighted by Gasteiger charge is -2.06. The van der Waals surface area contributed by atoms with Crippen molar-refractivity contribution in [2.45, 2.75) is 6.23 Å². The van der Waals surface area contributed by atoms with Gasteiger partial charge in [0, 0.05) is 18.0 Å². The van der Waals surface area contributed by atoms with Crippen molar-refractivity contribution in [3.8, 4) is 0 Å². The van der Waals surface area contributed by atoms with Crippen LogP contribution >= 0.6 is 0 Å². The van der Waals surface area contributed by atoms with E-state index in [1.807, 2.05) is 0 Å². The maximum absolute atomic E-state index is 9.05. The number of nitrogens with zero attached hydrogens (tertiary/aromatic N) is 1. The van der Waals surface area contributed by atoms with Gasteiger partial charge in [-0.15, -0.1) is 0 Å². The highest BCUT2D eigenvalue weighted by Crippen LogP contribution is 2.04. The van der Waals surface area contributed by atoms with Gasteiger partial charge in [-0.3, -0.25) is 10.8 Å². The van der Waals surface area contributed by atoms with Gasteiger partial charge in [0.15, 0.2) is 0 Å². The van der Waals surface area contributed by atoms with Crippen LogP contribution in [0.4, 0.5) is 0 Å². The maximum Gasteiger partial charge on any atom is 0.144 e. The fraction of sp³-hybridized carbons (Fsp3) is 0.167. The van der Waals surface area contributed by atoms with Crippen molar-refractivity contribution in [3.05, 3.63) is 30.1 Å². The molecule has 1 unspecified atom stereocenters. The van der Waals surface area contributed by atoms with Gasteiger partial charge in [0.25, 0.3) is 0 Å². The highest BCUT2D eigenvalue weighted by Gasteiger charge is 2.01. The number of aromatic nitrogens is 1. The largest absolute Gasteiger partial charge is 0.373 e. The molecule has 0 amide bonds. The minimum Gasteiger partial charge on any atom is -0.373 e. The summed E-state index contributed by atoms with van der Waals surface area (Å²) in [6.07, 6.45) is 2.35. The number of hydrogen-bond donors (Lipinski definition) is 3. The summed E-state index contributed by atoms with van der Waals surface area (Å²) in [6.45, 7) is 0. The molecule has 0 aliphatic rings. The number of aliphatic hydroxyl groups is 1. The minimum atomic E-state index is -0.825. The van der Waals surface area contributed by atoms with Crippen molar-refractivity contribution in [2.75, 3.05) is 0 Å². The first kappa shape index (κ1) is 7.14. The molecular weight excluding hydrogens is 130 g/mol. The zero-order valence-corrected chi connectivity index (χ0v) is 5.36. The molecule has 54 valence electrons. The van der Waals surface area contributed by atoms with Crippen molar-refractivity contribution < 1.29 is 5.11 Å². The molecule has 1 aromatic heterocycles. The molecule has 4 nitrogen and oxygen atoms in total. The van der Waals surface area contributed by atoms with Gasteiger partial charge in [-0.1, -0.05) is 6.07 Å². The van der Waals surface area contributed by atoms with Gasteiger partial charge in [-0.2, -0.15) is 0 Å². The summed E-state index contributed by atoms with van der Waals surface area (Å²) in [5, 5.41) is 9.05. The van der Waals surface area contributed by atoms with E-state index in [4.69, 9.17) is 10.9 Å². The molecule has 0 radical (unpaired) electrons. The molecule has 0 saturated carbocycles. The molecule has 1 heterocycles. The van der Waals surface area contributed by atoms with Crippen molar-refractivity contribution in [2.24, 2.45) is 5.84 Å². The summed E-state index contributed by atoms with van der Waals surface area (Å²) >= 11 is 0. The van der Waals surface area contributed by atoms with Gasteiger partial charge in [0.05, 0.1) is 0 Å². The summed E-state index contributed by atoms with van der Waals surface area (Å²) in [6, 6.07) is 3.47. The van der Waals surface area contributed by atoms with Gasteiger partial charge in [-0.25, -0.2) is 5.43 Å². The average Bonchev–Trinajstić information content (AvgIpc) is 2.05. The fourth-order valence-corrected chi connectivity index (χ4v) is 0.634. The third kappa shape index (κ3) is 1.51. The van der Waals surface area contributed by atoms with E-state index in [0.717, 1.165) is 0 Å². The Morgan fingerprint density at radius 2 is 2.50 bits per heavy atom. The Morgan fingerprint density at radius 1 is 1.70 bits per heavy atom. The quantitative estimate of drug-likeness (QED) is 0.294. The van der Waals surface area contributed by atoms with E-state index in [1.54, 1.807) is 24.5 Å². The maximum atomic E-state index is 9.05. The number of nitrogens with two attached hydrogens (primary N) is 1. The summed E-state index contributed by atoms with van der Waals surface area (Å²) in [5.74, 6) is 4.98. The SMILES string of the molecule is NNC(O)c1cccnc1. The van der Waals surface area contributed by atoms with Crippen LogP contribution in [-0.4, -0.2) is 10.1 Å². The molecule has 10 heavy (non-hydrogen) atoms. The number of hydrazine groups is 1. The molecule has 0 aliphatic heterocycles. The van der Waals surface area contributed by atoms with Gasteiger partial charge >= 0.3 is 0 Å². The molecule has 0 saturated heterocycles. The number of aliphatic hydroxyl groups excluding tert-OH is 1. The van der Waals surface area contributed by atoms with Gasteiger partial charge < -0.3 is 5.11 Å². The molecular formula is C6H9N3O. The number of hydrogen-bond acceptors (Lipinski definition) is 4. The highest BCUT2D eigenvalue weighted by atomic mass is 16.3. The van der Waals surface area contributed by atoms with Crippen molar-refractivity contribution in [1.82, 2.24) is 10.4 Å². The second-order valence-electron chi connectivity index (χ2n) is 1.86. The zero-order valence-electron chi connectivity index (χ0n) is 5.36. The molecule has 4 heteroatoms. The molecule has 0 spiro atoms. The van der Waals surface area contributed by atoms with Crippen LogP contribution in [0.25, 0.3) is 0 Å². The topological polar surface area (TPSA) is 71.2 Å². The average molecular weight is 139 g/mol. The van der Waals surface area contributed by atoms with Crippen molar-refractivity contribution >= 4 is 0 Å². The predicted molar refractivity (Wildman–Crippen MR) is 36.5 cm³/mol. The normalized spacial score (nSPS) is 13.0. The van der Waals surface area contributed by atoms with E-state index in [-0.39, 0.29) is 0 Å². The van der Waals surface area contributed by atoms with Crippen LogP contribution in [-0.2, 0) is 0 Å². The van der Waals surface area contributed by atoms with Crippen LogP contribution < -0.4 is 11.3 Å². The second kappa shape index (κ2) is 3.26. The van der Waals surface area contributed by atoms with Crippen LogP contribution in [0.1, 0.15) is 11.8 Å². The summed E-state index contributed by atoms with van der Waals surface area (Å²) in [4.78, 5) is 3.80. The van der Waals surface area contributed by atoms with Gasteiger partial charge in [-0.05, 0) is 6.07 Å². The molecule has 0 bridgehead atoms. The van der Waals surface area contributed by atoms with Crippen LogP contribution in [0, 0.1) is 0 Å². The fourth-order valence-electron chi connectivity index (χ4n) is 0.634. The smallest absolute Gasteiger partial charge is 0.144 e. The van der Waals surface area contributed by atoms with E-state index >= 15 is 0 Å². The lowest BCUT2D eigenvalue weighted by Crippen LogP contribution is -2.27. The Hall–Kier alpha value is -0.970. The Balaban J connectivity index is 2.75. The summed E-state index contributed by atoms with van der Waals surface area (Å²) < 4.78 is 0. The van der Waals surface area contributed by atoms with Crippen molar-refractivity contribution in [1.29, 1.82) is 0 Å². The standard InChI is InChI=1S/C6H9N3O/c7-9-6(10)5-2-1-3-8-4-5/h1-4,6,9-10H,7H2. The lowest BCUT2D eigenvalue weighted by molar-refractivity contribution is 0.139. The molecule has 4 N–H and O–H groups in total. The van der Waals surface area contributed by atoms with Gasteiger partial charge in [0.2, 0.25) is 0 Å². The number of pyridine rings is 1. The zero-order chi connectivity index (χ0) is 7.40. The Kier molecular flexibility index (Phi) is 2.33. The predicted octanol–water partition coefficient (Wildman–Crippen LogP) is -0.464. The van der Waals surface area contributed by atoms with Gasteiger partial charge in [0.1, 0.15) is 6.23 Å². The van der Waals surface area contributed by atoms with Crippen molar-refractivity contribution in [3.63, 3.8) is 0 Å². The Morgan fingerprint density at radius 3 is 3.00 bits per heavy atom. The third-order valence-electron chi connectivity index (χ3n) is 1.16. The molecule has 1 aromatic rings. The first-order valence-corrected chi connectivity index (χ1v) is 2.88. The van der Waals surface area contributed by atoms with Crippen LogP contribution in [0.15, 0.2) is 24.5 Å². The molecule has 0 fully saturated rings. The van der Waals surface area contributed by atoms with Crippen LogP contribution in [0.2, 0.25) is 0 Å². The van der Waals surface area contributed by atoms with E-state index < -0.39 is 6.23 Å². The Bertz CT molecular complexity index is 189. The third-order valence-corrected chi connectivity index (χ3v) is 1.16. The highest BCUT2D eigenvalue weighted by molar-refractivity contribution is 5.10. The molecule has 1 atom stereocenters. The Labute approximate surface area is 58.7 Å². The first-order valence-electron chi connectivity index (χ1n) is 2.88. The van der Waals surface area contributed by atoms with Crippen LogP contribution in [0.5, 0.6) is 0 Å². The first-order chi connectivity index (χ1) is 4.84. The monoisotopic (exact) mass is 139 g/mol. The molecule has 0 aliphatic carbocycles. The van der Waals surface area contributed by atoms with Crippen LogP contribution in [0.3, 0.4) is 0 Å². The second-order valence-corrected chi connectivity index (χ2v) is 1.86. The van der Waals surface area contributed by atoms with E-state index in [9.17, 15) is 0 Å². The molecule has 1 rings (SSSR count). The van der Waals surface area contributed by atoms with E-state index in [1.165, 1.54) is 0 Å². The number of nitrogens with one attached hydrogen (secondary N) is 1. The minimum absolute atomic E-state index is 0.657. The van der Waals surface area contributed by atoms with E-state index in [0.29, 0.717) is 5.56 Å². The number of rotatable bonds is 2. The van der Waals surface area contributed by atoms with E-state index in [2.05, 4.69) is 10.4 Å².